The third-order valence-corrected chi connectivity index (χ3v) is 3.66. The molecule has 1 aromatic heterocycles. The first-order valence-corrected chi connectivity index (χ1v) is 7.31. The Kier molecular flexibility index (Phi) is 4.32. The van der Waals surface area contributed by atoms with E-state index in [9.17, 15) is 0 Å². The summed E-state index contributed by atoms with van der Waals surface area (Å²) in [5.41, 5.74) is 10.2. The number of ether oxygens (including phenoxy) is 1. The van der Waals surface area contributed by atoms with E-state index in [0.717, 1.165) is 18.0 Å². The highest BCUT2D eigenvalue weighted by molar-refractivity contribution is 7.08. The zero-order chi connectivity index (χ0) is 13.8. The molecule has 3 nitrogen and oxygen atoms in total. The number of benzene rings is 1. The van der Waals surface area contributed by atoms with Gasteiger partial charge in [-0.25, -0.2) is 0 Å². The van der Waals surface area contributed by atoms with Crippen molar-refractivity contribution in [2.45, 2.75) is 33.4 Å². The normalized spacial score (nSPS) is 10.7. The molecule has 19 heavy (non-hydrogen) atoms. The van der Waals surface area contributed by atoms with Gasteiger partial charge in [-0.15, -0.1) is 0 Å². The Labute approximate surface area is 118 Å². The molecular formula is C15H20N2OS. The molecule has 0 atom stereocenters. The molecule has 0 saturated heterocycles. The molecule has 0 amide bonds. The van der Waals surface area contributed by atoms with Gasteiger partial charge in [-0.05, 0) is 48.7 Å². The van der Waals surface area contributed by atoms with Gasteiger partial charge in [0.25, 0.3) is 0 Å². The van der Waals surface area contributed by atoms with Gasteiger partial charge in [0.1, 0.15) is 5.75 Å². The Morgan fingerprint density at radius 1 is 1.26 bits per heavy atom. The first-order chi connectivity index (χ1) is 9.04. The number of thiophene rings is 1. The molecule has 0 aliphatic rings. The largest absolute Gasteiger partial charge is 0.491 e. The van der Waals surface area contributed by atoms with Gasteiger partial charge >= 0.3 is 0 Å². The van der Waals surface area contributed by atoms with E-state index < -0.39 is 0 Å². The van der Waals surface area contributed by atoms with Crippen molar-refractivity contribution in [3.63, 3.8) is 0 Å². The second-order valence-corrected chi connectivity index (χ2v) is 5.63. The van der Waals surface area contributed by atoms with E-state index in [0.29, 0.717) is 5.69 Å². The predicted octanol–water partition coefficient (Wildman–Crippen LogP) is 4.04. The molecule has 0 unspecified atom stereocenters. The van der Waals surface area contributed by atoms with E-state index in [2.05, 4.69) is 23.0 Å². The summed E-state index contributed by atoms with van der Waals surface area (Å²) in [7, 11) is 0. The maximum Gasteiger partial charge on any atom is 0.123 e. The molecule has 2 rings (SSSR count). The molecule has 0 bridgehead atoms. The SMILES string of the molecule is Cc1cscc1CNc1cc(N)cc(OC(C)C)c1. The molecule has 0 fully saturated rings. The first-order valence-electron chi connectivity index (χ1n) is 6.37. The van der Waals surface area contributed by atoms with Crippen LogP contribution in [0.25, 0.3) is 0 Å². The van der Waals surface area contributed by atoms with Crippen LogP contribution < -0.4 is 15.8 Å². The number of nitrogens with one attached hydrogen (secondary N) is 1. The minimum Gasteiger partial charge on any atom is -0.491 e. The predicted molar refractivity (Wildman–Crippen MR) is 83.0 cm³/mol. The van der Waals surface area contributed by atoms with Crippen LogP contribution in [0.1, 0.15) is 25.0 Å². The van der Waals surface area contributed by atoms with Gasteiger partial charge in [0.05, 0.1) is 6.10 Å². The Hall–Kier alpha value is -1.68. The lowest BCUT2D eigenvalue weighted by Crippen LogP contribution is -2.07. The van der Waals surface area contributed by atoms with Crippen LogP contribution in [0.15, 0.2) is 29.0 Å². The standard InChI is InChI=1S/C15H20N2OS/c1-10(2)18-15-5-13(16)4-14(6-15)17-7-12-9-19-8-11(12)3/h4-6,8-10,17H,7,16H2,1-3H3. The number of rotatable bonds is 5. The summed E-state index contributed by atoms with van der Waals surface area (Å²) < 4.78 is 5.68. The lowest BCUT2D eigenvalue weighted by atomic mass is 10.2. The van der Waals surface area contributed by atoms with Crippen molar-refractivity contribution in [2.75, 3.05) is 11.1 Å². The van der Waals surface area contributed by atoms with Gasteiger partial charge in [-0.2, -0.15) is 11.3 Å². The maximum absolute atomic E-state index is 5.90. The van der Waals surface area contributed by atoms with Crippen molar-refractivity contribution < 1.29 is 4.74 Å². The van der Waals surface area contributed by atoms with E-state index in [4.69, 9.17) is 10.5 Å². The number of nitrogen functional groups attached to an aromatic ring is 1. The third-order valence-electron chi connectivity index (χ3n) is 2.75. The van der Waals surface area contributed by atoms with Crippen LogP contribution in [-0.4, -0.2) is 6.10 Å². The van der Waals surface area contributed by atoms with Crippen LogP contribution in [0.4, 0.5) is 11.4 Å². The summed E-state index contributed by atoms with van der Waals surface area (Å²) >= 11 is 1.73. The van der Waals surface area contributed by atoms with E-state index in [1.807, 2.05) is 32.0 Å². The fourth-order valence-electron chi connectivity index (χ4n) is 1.83. The van der Waals surface area contributed by atoms with Gasteiger partial charge in [0.15, 0.2) is 0 Å². The van der Waals surface area contributed by atoms with Crippen molar-refractivity contribution in [1.82, 2.24) is 0 Å². The van der Waals surface area contributed by atoms with E-state index in [-0.39, 0.29) is 6.10 Å². The highest BCUT2D eigenvalue weighted by Crippen LogP contribution is 2.24. The molecule has 0 saturated carbocycles. The summed E-state index contributed by atoms with van der Waals surface area (Å²) in [5.74, 6) is 0.805. The average Bonchev–Trinajstić information content (AvgIpc) is 2.70. The van der Waals surface area contributed by atoms with E-state index in [1.54, 1.807) is 11.3 Å². The zero-order valence-electron chi connectivity index (χ0n) is 11.6. The lowest BCUT2D eigenvalue weighted by molar-refractivity contribution is 0.242. The van der Waals surface area contributed by atoms with Crippen LogP contribution in [0.3, 0.4) is 0 Å². The molecule has 1 heterocycles. The van der Waals surface area contributed by atoms with Gasteiger partial charge in [0.2, 0.25) is 0 Å². The van der Waals surface area contributed by atoms with Crippen molar-refractivity contribution in [1.29, 1.82) is 0 Å². The molecule has 0 spiro atoms. The molecule has 1 aromatic carbocycles. The minimum atomic E-state index is 0.147. The number of anilines is 2. The lowest BCUT2D eigenvalue weighted by Gasteiger charge is -2.13. The molecule has 0 aliphatic heterocycles. The summed E-state index contributed by atoms with van der Waals surface area (Å²) in [6.45, 7) is 6.94. The number of nitrogens with two attached hydrogens (primary N) is 1. The van der Waals surface area contributed by atoms with Crippen LogP contribution >= 0.6 is 11.3 Å². The Balaban J connectivity index is 2.07. The number of hydrogen-bond acceptors (Lipinski definition) is 4. The van der Waals surface area contributed by atoms with Crippen LogP contribution in [-0.2, 0) is 6.54 Å². The topological polar surface area (TPSA) is 47.3 Å². The van der Waals surface area contributed by atoms with Gasteiger partial charge < -0.3 is 15.8 Å². The first kappa shape index (κ1) is 13.7. The Morgan fingerprint density at radius 3 is 2.68 bits per heavy atom. The summed E-state index contributed by atoms with van der Waals surface area (Å²) in [4.78, 5) is 0. The maximum atomic E-state index is 5.90. The fraction of sp³-hybridized carbons (Fsp3) is 0.333. The molecule has 102 valence electrons. The summed E-state index contributed by atoms with van der Waals surface area (Å²) in [6, 6.07) is 5.76. The third kappa shape index (κ3) is 3.89. The monoisotopic (exact) mass is 276 g/mol. The zero-order valence-corrected chi connectivity index (χ0v) is 12.4. The average molecular weight is 276 g/mol. The van der Waals surface area contributed by atoms with Crippen LogP contribution in [0.5, 0.6) is 5.75 Å². The smallest absolute Gasteiger partial charge is 0.123 e. The van der Waals surface area contributed by atoms with Crippen molar-refractivity contribution in [3.05, 3.63) is 40.1 Å². The quantitative estimate of drug-likeness (QED) is 0.810. The molecule has 3 N–H and O–H groups in total. The van der Waals surface area contributed by atoms with Gasteiger partial charge in [0, 0.05) is 30.1 Å². The Morgan fingerprint density at radius 2 is 2.05 bits per heavy atom. The van der Waals surface area contributed by atoms with Crippen LogP contribution in [0.2, 0.25) is 0 Å². The second kappa shape index (κ2) is 5.97. The highest BCUT2D eigenvalue weighted by Gasteiger charge is 2.04. The fourth-order valence-corrected chi connectivity index (χ4v) is 2.69. The number of aryl methyl sites for hydroxylation is 1. The van der Waals surface area contributed by atoms with Crippen molar-refractivity contribution in [2.24, 2.45) is 0 Å². The molecule has 4 heteroatoms. The van der Waals surface area contributed by atoms with Gasteiger partial charge in [-0.3, -0.25) is 0 Å². The van der Waals surface area contributed by atoms with Crippen molar-refractivity contribution >= 4 is 22.7 Å². The molecular weight excluding hydrogens is 256 g/mol. The molecule has 0 aliphatic carbocycles. The van der Waals surface area contributed by atoms with Crippen molar-refractivity contribution in [3.8, 4) is 5.75 Å². The molecule has 0 radical (unpaired) electrons. The Bertz CT molecular complexity index is 549. The minimum absolute atomic E-state index is 0.147. The summed E-state index contributed by atoms with van der Waals surface area (Å²) in [5, 5.41) is 7.71. The number of hydrogen-bond donors (Lipinski definition) is 2. The van der Waals surface area contributed by atoms with E-state index >= 15 is 0 Å². The summed E-state index contributed by atoms with van der Waals surface area (Å²) in [6.07, 6.45) is 0.147. The molecule has 2 aromatic rings. The highest BCUT2D eigenvalue weighted by atomic mass is 32.1. The van der Waals surface area contributed by atoms with Crippen LogP contribution in [0, 0.1) is 6.92 Å². The second-order valence-electron chi connectivity index (χ2n) is 4.89. The van der Waals surface area contributed by atoms with E-state index in [1.165, 1.54) is 11.1 Å². The van der Waals surface area contributed by atoms with Gasteiger partial charge in [-0.1, -0.05) is 0 Å².